The Balaban J connectivity index is 1.72. The summed E-state index contributed by atoms with van der Waals surface area (Å²) >= 11 is 5.64. The molecule has 26 heavy (non-hydrogen) atoms. The molecular weight excluding hydrogens is 340 g/mol. The third-order valence-corrected chi connectivity index (χ3v) is 5.08. The topological polar surface area (TPSA) is 33.3 Å². The molecule has 0 radical (unpaired) electrons. The molecule has 1 aliphatic rings. The number of rotatable bonds is 5. The first-order chi connectivity index (χ1) is 12.5. The first kappa shape index (κ1) is 18.7. The smallest absolute Gasteiger partial charge is 0.171 e. The Hall–Kier alpha value is -2.07. The van der Waals surface area contributed by atoms with Gasteiger partial charge >= 0.3 is 0 Å². The molecule has 4 heteroatoms. The summed E-state index contributed by atoms with van der Waals surface area (Å²) in [7, 11) is 0. The van der Waals surface area contributed by atoms with Gasteiger partial charge in [0, 0.05) is 11.8 Å². The Labute approximate surface area is 162 Å². The summed E-state index contributed by atoms with van der Waals surface area (Å²) < 4.78 is 5.77. The third kappa shape index (κ3) is 4.55. The van der Waals surface area contributed by atoms with Crippen LogP contribution in [0.5, 0.6) is 5.75 Å². The zero-order valence-electron chi connectivity index (χ0n) is 15.8. The fourth-order valence-corrected chi connectivity index (χ4v) is 3.95. The number of hydrogen-bond acceptors (Lipinski definition) is 2. The van der Waals surface area contributed by atoms with Gasteiger partial charge in [0.15, 0.2) is 5.11 Å². The first-order valence-electron chi connectivity index (χ1n) is 9.40. The van der Waals surface area contributed by atoms with Gasteiger partial charge in [0.05, 0.1) is 11.6 Å². The van der Waals surface area contributed by atoms with Crippen LogP contribution in [0.4, 0.5) is 5.69 Å². The van der Waals surface area contributed by atoms with Gasteiger partial charge < -0.3 is 15.4 Å². The van der Waals surface area contributed by atoms with Gasteiger partial charge in [-0.15, -0.1) is 0 Å². The van der Waals surface area contributed by atoms with Crippen LogP contribution in [0, 0.1) is 6.92 Å². The van der Waals surface area contributed by atoms with E-state index in [1.165, 1.54) is 24.0 Å². The Morgan fingerprint density at radius 1 is 1.08 bits per heavy atom. The van der Waals surface area contributed by atoms with Gasteiger partial charge in [-0.1, -0.05) is 48.7 Å². The van der Waals surface area contributed by atoms with Crippen molar-refractivity contribution in [1.29, 1.82) is 0 Å². The second-order valence-electron chi connectivity index (χ2n) is 7.43. The van der Waals surface area contributed by atoms with Crippen molar-refractivity contribution in [3.05, 3.63) is 59.7 Å². The van der Waals surface area contributed by atoms with Crippen molar-refractivity contribution in [2.24, 2.45) is 0 Å². The van der Waals surface area contributed by atoms with Crippen LogP contribution in [0.3, 0.4) is 0 Å². The van der Waals surface area contributed by atoms with E-state index >= 15 is 0 Å². The maximum Gasteiger partial charge on any atom is 0.171 e. The van der Waals surface area contributed by atoms with Crippen LogP contribution in [-0.4, -0.2) is 11.2 Å². The molecule has 0 bridgehead atoms. The van der Waals surface area contributed by atoms with Crippen LogP contribution in [0.15, 0.2) is 48.5 Å². The molecule has 0 heterocycles. The second kappa shape index (κ2) is 8.09. The number of aryl methyl sites for hydroxylation is 1. The number of benzene rings is 2. The van der Waals surface area contributed by atoms with E-state index in [0.29, 0.717) is 5.11 Å². The molecular formula is C22H28N2OS. The molecule has 138 valence electrons. The average molecular weight is 369 g/mol. The second-order valence-corrected chi connectivity index (χ2v) is 7.84. The molecule has 1 aliphatic carbocycles. The van der Waals surface area contributed by atoms with E-state index in [2.05, 4.69) is 41.8 Å². The Morgan fingerprint density at radius 2 is 1.77 bits per heavy atom. The predicted octanol–water partition coefficient (Wildman–Crippen LogP) is 5.54. The Bertz CT molecular complexity index is 749. The third-order valence-electron chi connectivity index (χ3n) is 4.88. The summed E-state index contributed by atoms with van der Waals surface area (Å²) in [6.45, 7) is 6.17. The van der Waals surface area contributed by atoms with E-state index in [4.69, 9.17) is 17.0 Å². The van der Waals surface area contributed by atoms with Gasteiger partial charge in [-0.3, -0.25) is 0 Å². The number of thiocarbonyl (C=S) groups is 1. The molecule has 0 aliphatic heterocycles. The molecule has 0 atom stereocenters. The minimum absolute atomic E-state index is 0.0656. The molecule has 1 fully saturated rings. The zero-order chi connectivity index (χ0) is 18.6. The summed E-state index contributed by atoms with van der Waals surface area (Å²) in [6, 6.07) is 16.8. The highest BCUT2D eigenvalue weighted by molar-refractivity contribution is 7.80. The summed E-state index contributed by atoms with van der Waals surface area (Å²) in [5.74, 6) is 0.849. The maximum atomic E-state index is 5.77. The van der Waals surface area contributed by atoms with Crippen LogP contribution in [-0.2, 0) is 5.54 Å². The van der Waals surface area contributed by atoms with E-state index < -0.39 is 0 Å². The van der Waals surface area contributed by atoms with Crippen molar-refractivity contribution in [3.8, 4) is 5.75 Å². The Kier molecular flexibility index (Phi) is 5.82. The van der Waals surface area contributed by atoms with Crippen LogP contribution < -0.4 is 15.4 Å². The first-order valence-corrected chi connectivity index (χ1v) is 9.81. The molecule has 0 spiro atoms. The molecule has 3 rings (SSSR count). The lowest BCUT2D eigenvalue weighted by molar-refractivity contribution is 0.242. The molecule has 3 nitrogen and oxygen atoms in total. The molecule has 0 unspecified atom stereocenters. The van der Waals surface area contributed by atoms with E-state index in [-0.39, 0.29) is 11.6 Å². The Morgan fingerprint density at radius 3 is 2.42 bits per heavy atom. The summed E-state index contributed by atoms with van der Waals surface area (Å²) in [4.78, 5) is 0. The molecule has 0 amide bonds. The van der Waals surface area contributed by atoms with Crippen LogP contribution >= 0.6 is 12.2 Å². The minimum atomic E-state index is -0.0656. The minimum Gasteiger partial charge on any atom is -0.491 e. The van der Waals surface area contributed by atoms with Crippen LogP contribution in [0.25, 0.3) is 0 Å². The number of nitrogens with one attached hydrogen (secondary N) is 2. The van der Waals surface area contributed by atoms with Crippen molar-refractivity contribution < 1.29 is 4.74 Å². The monoisotopic (exact) mass is 368 g/mol. The van der Waals surface area contributed by atoms with E-state index in [9.17, 15) is 0 Å². The highest BCUT2D eigenvalue weighted by Crippen LogP contribution is 2.39. The van der Waals surface area contributed by atoms with Gasteiger partial charge in [-0.25, -0.2) is 0 Å². The summed E-state index contributed by atoms with van der Waals surface area (Å²) in [5, 5.41) is 7.61. The highest BCUT2D eigenvalue weighted by atomic mass is 32.1. The van der Waals surface area contributed by atoms with Crippen LogP contribution in [0.1, 0.15) is 50.7 Å². The highest BCUT2D eigenvalue weighted by Gasteiger charge is 2.36. The molecule has 2 aromatic rings. The van der Waals surface area contributed by atoms with Crippen molar-refractivity contribution >= 4 is 23.0 Å². The van der Waals surface area contributed by atoms with Gasteiger partial charge in [0.2, 0.25) is 0 Å². The average Bonchev–Trinajstić information content (AvgIpc) is 3.04. The fourth-order valence-electron chi connectivity index (χ4n) is 3.64. The van der Waals surface area contributed by atoms with Crippen LogP contribution in [0.2, 0.25) is 0 Å². The van der Waals surface area contributed by atoms with Gasteiger partial charge in [0.25, 0.3) is 0 Å². The van der Waals surface area contributed by atoms with Crippen molar-refractivity contribution in [1.82, 2.24) is 5.32 Å². The zero-order valence-corrected chi connectivity index (χ0v) is 16.7. The predicted molar refractivity (Wildman–Crippen MR) is 113 cm³/mol. The van der Waals surface area contributed by atoms with Crippen molar-refractivity contribution in [2.45, 2.75) is 58.1 Å². The number of anilines is 1. The van der Waals surface area contributed by atoms with E-state index in [1.807, 2.05) is 38.1 Å². The largest absolute Gasteiger partial charge is 0.491 e. The van der Waals surface area contributed by atoms with Gasteiger partial charge in [-0.05, 0) is 63.5 Å². The number of ether oxygens (including phenoxy) is 1. The summed E-state index contributed by atoms with van der Waals surface area (Å²) in [6.07, 6.45) is 4.81. The summed E-state index contributed by atoms with van der Waals surface area (Å²) in [5.41, 5.74) is 3.48. The molecule has 2 aromatic carbocycles. The normalized spacial score (nSPS) is 15.7. The lowest BCUT2D eigenvalue weighted by Crippen LogP contribution is -2.45. The fraction of sp³-hybridized carbons (Fsp3) is 0.409. The maximum absolute atomic E-state index is 5.77. The standard InChI is InChI=1S/C22H28N2OS/c1-16(2)25-20-8-6-7-19(15-20)23-21(26)24-22(13-4-5-14-22)18-11-9-17(3)10-12-18/h6-12,15-16H,4-5,13-14H2,1-3H3,(H2,23,24,26). The quantitative estimate of drug-likeness (QED) is 0.679. The lowest BCUT2D eigenvalue weighted by atomic mass is 9.88. The van der Waals surface area contributed by atoms with Gasteiger partial charge in [-0.2, -0.15) is 0 Å². The molecule has 1 saturated carbocycles. The van der Waals surface area contributed by atoms with Crippen molar-refractivity contribution in [3.63, 3.8) is 0 Å². The molecule has 0 saturated heterocycles. The molecule has 0 aromatic heterocycles. The van der Waals surface area contributed by atoms with Crippen molar-refractivity contribution in [2.75, 3.05) is 5.32 Å². The lowest BCUT2D eigenvalue weighted by Gasteiger charge is -2.32. The SMILES string of the molecule is Cc1ccc(C2(NC(=S)Nc3cccc(OC(C)C)c3)CCCC2)cc1. The number of hydrogen-bond donors (Lipinski definition) is 2. The molecule has 2 N–H and O–H groups in total. The van der Waals surface area contributed by atoms with Gasteiger partial charge in [0.1, 0.15) is 5.75 Å². The van der Waals surface area contributed by atoms with E-state index in [0.717, 1.165) is 24.3 Å². The van der Waals surface area contributed by atoms with E-state index in [1.54, 1.807) is 0 Å².